The van der Waals surface area contributed by atoms with Crippen molar-refractivity contribution in [1.82, 2.24) is 28.7 Å². The van der Waals surface area contributed by atoms with Gasteiger partial charge in [-0.1, -0.05) is 61.7 Å². The first kappa shape index (κ1) is 31.6. The van der Waals surface area contributed by atoms with E-state index in [0.717, 1.165) is 43.9 Å². The molecule has 4 heterocycles. The van der Waals surface area contributed by atoms with Gasteiger partial charge in [-0.05, 0) is 55.8 Å². The van der Waals surface area contributed by atoms with Gasteiger partial charge in [0.25, 0.3) is 5.56 Å². The van der Waals surface area contributed by atoms with Crippen LogP contribution in [0, 0.1) is 6.92 Å². The van der Waals surface area contributed by atoms with Gasteiger partial charge in [-0.3, -0.25) is 9.36 Å². The van der Waals surface area contributed by atoms with Crippen LogP contribution in [-0.2, 0) is 11.5 Å². The SMILES string of the molecule is COc1ccccc1Sc1cn(COCC[Si](C)(C)C)c2ncnc(N[C@@H](C)c3nn4ccc(C)c4c(=O)n3-c3ccccc3)c12. The summed E-state index contributed by atoms with van der Waals surface area (Å²) in [6.45, 7) is 12.0. The van der Waals surface area contributed by atoms with Crippen LogP contribution >= 0.6 is 11.8 Å². The minimum Gasteiger partial charge on any atom is -0.496 e. The summed E-state index contributed by atoms with van der Waals surface area (Å²) in [6.07, 6.45) is 5.45. The van der Waals surface area contributed by atoms with E-state index in [1.165, 1.54) is 0 Å². The van der Waals surface area contributed by atoms with Crippen LogP contribution in [-0.4, -0.2) is 50.5 Å². The molecule has 0 bridgehead atoms. The lowest BCUT2D eigenvalue weighted by Crippen LogP contribution is -2.29. The Labute approximate surface area is 273 Å². The van der Waals surface area contributed by atoms with Gasteiger partial charge in [-0.2, -0.15) is 5.10 Å². The van der Waals surface area contributed by atoms with Crippen LogP contribution in [0.4, 0.5) is 5.82 Å². The number of methoxy groups -OCH3 is 1. The highest BCUT2D eigenvalue weighted by Gasteiger charge is 2.23. The molecule has 6 rings (SSSR count). The predicted octanol–water partition coefficient (Wildman–Crippen LogP) is 7.18. The lowest BCUT2D eigenvalue weighted by molar-refractivity contribution is 0.0896. The van der Waals surface area contributed by atoms with E-state index in [-0.39, 0.29) is 5.56 Å². The Morgan fingerprint density at radius 2 is 1.76 bits per heavy atom. The minimum absolute atomic E-state index is 0.130. The third-order valence-corrected chi connectivity index (χ3v) is 10.6. The topological polar surface area (TPSA) is 100 Å². The van der Waals surface area contributed by atoms with Gasteiger partial charge in [0, 0.05) is 32.0 Å². The Bertz CT molecular complexity index is 2050. The number of hydrogen-bond acceptors (Lipinski definition) is 8. The first-order valence-electron chi connectivity index (χ1n) is 15.3. The summed E-state index contributed by atoms with van der Waals surface area (Å²) in [4.78, 5) is 25.3. The van der Waals surface area contributed by atoms with E-state index in [1.54, 1.807) is 34.3 Å². The van der Waals surface area contributed by atoms with Gasteiger partial charge < -0.3 is 19.4 Å². The second-order valence-electron chi connectivity index (χ2n) is 12.5. The van der Waals surface area contributed by atoms with E-state index in [9.17, 15) is 4.79 Å². The van der Waals surface area contributed by atoms with Crippen LogP contribution in [0.2, 0.25) is 25.7 Å². The molecule has 2 aromatic carbocycles. The van der Waals surface area contributed by atoms with Crippen LogP contribution in [0.25, 0.3) is 22.2 Å². The zero-order valence-electron chi connectivity index (χ0n) is 27.0. The molecule has 0 aliphatic rings. The van der Waals surface area contributed by atoms with Crippen LogP contribution in [0.15, 0.2) is 94.0 Å². The lowest BCUT2D eigenvalue weighted by Gasteiger charge is -2.20. The number of rotatable bonds is 12. The quantitative estimate of drug-likeness (QED) is 0.110. The van der Waals surface area contributed by atoms with Crippen molar-refractivity contribution in [3.05, 3.63) is 101 Å². The number of fused-ring (bicyclic) bond motifs is 2. The average molecular weight is 654 g/mol. The van der Waals surface area contributed by atoms with E-state index in [0.29, 0.717) is 30.5 Å². The van der Waals surface area contributed by atoms with Gasteiger partial charge in [0.15, 0.2) is 5.82 Å². The first-order valence-corrected chi connectivity index (χ1v) is 19.8. The highest BCUT2D eigenvalue weighted by molar-refractivity contribution is 7.99. The first-order chi connectivity index (χ1) is 22.1. The van der Waals surface area contributed by atoms with Gasteiger partial charge in [0.05, 0.1) is 29.1 Å². The number of aryl methyl sites for hydroxylation is 1. The molecule has 4 aromatic heterocycles. The van der Waals surface area contributed by atoms with Gasteiger partial charge >= 0.3 is 0 Å². The van der Waals surface area contributed by atoms with Crippen molar-refractivity contribution in [2.24, 2.45) is 0 Å². The average Bonchev–Trinajstić information content (AvgIpc) is 3.59. The molecule has 0 radical (unpaired) electrons. The predicted molar refractivity (Wildman–Crippen MR) is 186 cm³/mol. The molecular weight excluding hydrogens is 615 g/mol. The summed E-state index contributed by atoms with van der Waals surface area (Å²) < 4.78 is 17.2. The third kappa shape index (κ3) is 6.46. The molecule has 238 valence electrons. The summed E-state index contributed by atoms with van der Waals surface area (Å²) in [5, 5.41) is 9.36. The smallest absolute Gasteiger partial charge is 0.282 e. The molecule has 12 heteroatoms. The molecular formula is C34H39N7O3SSi. The fourth-order valence-corrected chi connectivity index (χ4v) is 7.21. The van der Waals surface area contributed by atoms with Gasteiger partial charge in [-0.25, -0.2) is 14.5 Å². The van der Waals surface area contributed by atoms with E-state index in [4.69, 9.17) is 24.5 Å². The number of aromatic nitrogens is 6. The fourth-order valence-electron chi connectivity index (χ4n) is 5.34. The maximum Gasteiger partial charge on any atom is 0.282 e. The summed E-state index contributed by atoms with van der Waals surface area (Å²) in [5.41, 5.74) is 2.78. The van der Waals surface area contributed by atoms with Crippen molar-refractivity contribution in [3.63, 3.8) is 0 Å². The summed E-state index contributed by atoms with van der Waals surface area (Å²) in [7, 11) is 0.442. The number of nitrogens with zero attached hydrogens (tertiary/aromatic N) is 6. The highest BCUT2D eigenvalue weighted by Crippen LogP contribution is 2.41. The van der Waals surface area contributed by atoms with Crippen LogP contribution in [0.1, 0.15) is 24.4 Å². The number of nitrogens with one attached hydrogen (secondary N) is 1. The Hall–Kier alpha value is -4.39. The minimum atomic E-state index is -1.23. The highest BCUT2D eigenvalue weighted by atomic mass is 32.2. The van der Waals surface area contributed by atoms with Crippen molar-refractivity contribution in [3.8, 4) is 11.4 Å². The van der Waals surface area contributed by atoms with E-state index in [1.807, 2.05) is 85.3 Å². The van der Waals surface area contributed by atoms with Crippen LogP contribution < -0.4 is 15.6 Å². The van der Waals surface area contributed by atoms with Crippen molar-refractivity contribution in [1.29, 1.82) is 0 Å². The Kier molecular flexibility index (Phi) is 9.03. The Morgan fingerprint density at radius 1 is 1.00 bits per heavy atom. The monoisotopic (exact) mass is 653 g/mol. The second-order valence-corrected chi connectivity index (χ2v) is 19.2. The molecule has 10 nitrogen and oxygen atoms in total. The summed E-state index contributed by atoms with van der Waals surface area (Å²) >= 11 is 1.59. The molecule has 0 unspecified atom stereocenters. The zero-order chi connectivity index (χ0) is 32.4. The Balaban J connectivity index is 1.43. The third-order valence-electron chi connectivity index (χ3n) is 7.80. The van der Waals surface area contributed by atoms with Crippen LogP contribution in [0.3, 0.4) is 0 Å². The molecule has 0 spiro atoms. The lowest BCUT2D eigenvalue weighted by atomic mass is 10.2. The Morgan fingerprint density at radius 3 is 2.52 bits per heavy atom. The molecule has 46 heavy (non-hydrogen) atoms. The molecule has 0 aliphatic heterocycles. The summed E-state index contributed by atoms with van der Waals surface area (Å²) in [6, 6.07) is 20.1. The van der Waals surface area contributed by atoms with E-state index < -0.39 is 14.1 Å². The number of para-hydroxylation sites is 2. The molecule has 0 amide bonds. The maximum absolute atomic E-state index is 13.9. The van der Waals surface area contributed by atoms with E-state index in [2.05, 4.69) is 31.2 Å². The number of anilines is 1. The summed E-state index contributed by atoms with van der Waals surface area (Å²) in [5.74, 6) is 1.97. The number of benzene rings is 2. The van der Waals surface area contributed by atoms with Crippen molar-refractivity contribution in [2.45, 2.75) is 62.1 Å². The molecule has 0 saturated carbocycles. The standard InChI is InChI=1S/C34H39N7O3SSi/c1-23-16-17-40-30(23)34(42)41(25-12-8-7-9-13-25)32(38-40)24(2)37-31-29-28(45-27-15-11-10-14-26(27)43-3)20-39(33(29)36-21-35-31)22-44-18-19-46(4,5)6/h7-17,20-21,24H,18-19,22H2,1-6H3,(H,35,36,37)/t24-/m0/s1. The van der Waals surface area contributed by atoms with Crippen molar-refractivity contribution >= 4 is 42.2 Å². The van der Waals surface area contributed by atoms with E-state index >= 15 is 0 Å². The molecule has 1 N–H and O–H groups in total. The number of hydrogen-bond donors (Lipinski definition) is 1. The molecule has 0 fully saturated rings. The molecule has 6 aromatic rings. The van der Waals surface area contributed by atoms with Crippen LogP contribution in [0.5, 0.6) is 5.75 Å². The second kappa shape index (κ2) is 13.1. The van der Waals surface area contributed by atoms with Gasteiger partial charge in [0.2, 0.25) is 0 Å². The zero-order valence-corrected chi connectivity index (χ0v) is 28.8. The van der Waals surface area contributed by atoms with Crippen molar-refractivity contribution < 1.29 is 9.47 Å². The maximum atomic E-state index is 13.9. The largest absolute Gasteiger partial charge is 0.496 e. The van der Waals surface area contributed by atoms with Gasteiger partial charge in [-0.15, -0.1) is 0 Å². The number of ether oxygens (including phenoxy) is 2. The van der Waals surface area contributed by atoms with Crippen molar-refractivity contribution in [2.75, 3.05) is 19.0 Å². The molecule has 0 saturated heterocycles. The molecule has 1 atom stereocenters. The fraction of sp³-hybridized carbons (Fsp3) is 0.294. The normalized spacial score (nSPS) is 12.6. The van der Waals surface area contributed by atoms with Gasteiger partial charge in [0.1, 0.15) is 35.8 Å². The molecule has 0 aliphatic carbocycles.